The normalized spacial score (nSPS) is 16.4. The maximum Gasteiger partial charge on any atom is 0.417 e. The molecule has 1 atom stereocenters. The smallest absolute Gasteiger partial charge is 0.382 e. The van der Waals surface area contributed by atoms with Crippen molar-refractivity contribution in [2.24, 2.45) is 0 Å². The number of carbonyl (C=O) groups is 1. The van der Waals surface area contributed by atoms with Crippen LogP contribution in [0.15, 0.2) is 42.9 Å². The number of halogens is 6. The molecule has 188 valence electrons. The van der Waals surface area contributed by atoms with Crippen molar-refractivity contribution >= 4 is 28.3 Å². The lowest BCUT2D eigenvalue weighted by molar-refractivity contribution is -0.138. The van der Waals surface area contributed by atoms with Crippen LogP contribution in [0.2, 0.25) is 0 Å². The van der Waals surface area contributed by atoms with E-state index in [-0.39, 0.29) is 35.6 Å². The molecule has 1 aliphatic heterocycles. The first-order valence-electron chi connectivity index (χ1n) is 10.5. The second kappa shape index (κ2) is 8.08. The highest BCUT2D eigenvalue weighted by Gasteiger charge is 2.39. The van der Waals surface area contributed by atoms with Crippen LogP contribution in [0, 0.1) is 0 Å². The Bertz CT molecular complexity index is 1510. The van der Waals surface area contributed by atoms with Gasteiger partial charge in [-0.15, -0.1) is 0 Å². The van der Waals surface area contributed by atoms with E-state index in [1.165, 1.54) is 30.0 Å². The number of hydrogen-bond donors (Lipinski definition) is 1. The van der Waals surface area contributed by atoms with Crippen molar-refractivity contribution in [1.29, 1.82) is 0 Å². The summed E-state index contributed by atoms with van der Waals surface area (Å²) < 4.78 is 88.2. The predicted octanol–water partition coefficient (Wildman–Crippen LogP) is 4.85. The zero-order valence-electron chi connectivity index (χ0n) is 18.5. The monoisotopic (exact) mass is 509 g/mol. The summed E-state index contributed by atoms with van der Waals surface area (Å²) in [7, 11) is 1.28. The third kappa shape index (κ3) is 3.88. The topological polar surface area (TPSA) is 85.8 Å². The number of carbonyl (C=O) groups excluding carboxylic acids is 1. The van der Waals surface area contributed by atoms with Gasteiger partial charge in [0.25, 0.3) is 5.91 Å². The minimum Gasteiger partial charge on any atom is -0.382 e. The number of amides is 1. The van der Waals surface area contributed by atoms with Crippen molar-refractivity contribution < 1.29 is 35.9 Å². The molecule has 13 heteroatoms. The molecular weight excluding hydrogens is 492 g/mol. The molecule has 0 bridgehead atoms. The van der Waals surface area contributed by atoms with E-state index >= 15 is 0 Å². The van der Waals surface area contributed by atoms with Gasteiger partial charge >= 0.3 is 12.4 Å². The molecule has 0 radical (unpaired) electrons. The van der Waals surface area contributed by atoms with Gasteiger partial charge in [-0.2, -0.15) is 26.3 Å². The Morgan fingerprint density at radius 3 is 2.56 bits per heavy atom. The van der Waals surface area contributed by atoms with E-state index in [4.69, 9.17) is 10.5 Å². The van der Waals surface area contributed by atoms with E-state index in [1.807, 2.05) is 0 Å². The highest BCUT2D eigenvalue weighted by atomic mass is 19.4. The molecule has 36 heavy (non-hydrogen) atoms. The first-order valence-corrected chi connectivity index (χ1v) is 10.5. The first-order chi connectivity index (χ1) is 16.9. The molecular formula is C23H17F6N5O2. The molecule has 1 aliphatic rings. The molecule has 2 aromatic carbocycles. The summed E-state index contributed by atoms with van der Waals surface area (Å²) in [5.74, 6) is -1.02. The molecule has 2 aromatic heterocycles. The van der Waals surface area contributed by atoms with E-state index in [1.54, 1.807) is 0 Å². The fraction of sp³-hybridized carbons (Fsp3) is 0.261. The molecule has 1 amide bonds. The van der Waals surface area contributed by atoms with Gasteiger partial charge in [0.2, 0.25) is 0 Å². The molecule has 0 fully saturated rings. The number of fused-ring (bicyclic) bond motifs is 4. The fourth-order valence-corrected chi connectivity index (χ4v) is 4.39. The summed E-state index contributed by atoms with van der Waals surface area (Å²) in [4.78, 5) is 22.5. The maximum absolute atomic E-state index is 14.0. The van der Waals surface area contributed by atoms with Gasteiger partial charge in [-0.3, -0.25) is 9.20 Å². The van der Waals surface area contributed by atoms with Gasteiger partial charge in [-0.25, -0.2) is 9.97 Å². The zero-order chi connectivity index (χ0) is 26.0. The summed E-state index contributed by atoms with van der Waals surface area (Å²) >= 11 is 0. The molecule has 1 unspecified atom stereocenters. The SMILES string of the molecule is CN(C(=O)c1cc2c(cc1C(F)(F)F)nc(N)c1cncn12)C1COCc2cc(C(F)(F)F)ccc21. The number of aromatic nitrogens is 3. The fourth-order valence-electron chi connectivity index (χ4n) is 4.39. The van der Waals surface area contributed by atoms with E-state index in [0.717, 1.165) is 29.2 Å². The van der Waals surface area contributed by atoms with Crippen LogP contribution in [-0.4, -0.2) is 38.8 Å². The number of nitrogens with two attached hydrogens (primary N) is 1. The molecule has 2 N–H and O–H groups in total. The average molecular weight is 509 g/mol. The van der Waals surface area contributed by atoms with Crippen LogP contribution < -0.4 is 5.73 Å². The molecule has 0 spiro atoms. The minimum atomic E-state index is -4.90. The van der Waals surface area contributed by atoms with Crippen LogP contribution in [0.25, 0.3) is 16.6 Å². The highest BCUT2D eigenvalue weighted by Crippen LogP contribution is 2.38. The second-order valence-corrected chi connectivity index (χ2v) is 8.39. The van der Waals surface area contributed by atoms with E-state index < -0.39 is 41.0 Å². The molecule has 7 nitrogen and oxygen atoms in total. The van der Waals surface area contributed by atoms with E-state index in [9.17, 15) is 31.1 Å². The largest absolute Gasteiger partial charge is 0.417 e. The number of hydrogen-bond acceptors (Lipinski definition) is 5. The van der Waals surface area contributed by atoms with Crippen molar-refractivity contribution in [1.82, 2.24) is 19.3 Å². The van der Waals surface area contributed by atoms with Crippen molar-refractivity contribution in [3.8, 4) is 0 Å². The van der Waals surface area contributed by atoms with Gasteiger partial charge in [-0.05, 0) is 35.4 Å². The number of rotatable bonds is 2. The summed E-state index contributed by atoms with van der Waals surface area (Å²) in [6.07, 6.45) is -6.75. The Morgan fingerprint density at radius 2 is 1.86 bits per heavy atom. The lowest BCUT2D eigenvalue weighted by Gasteiger charge is -2.34. The first kappa shape index (κ1) is 23.9. The molecule has 0 saturated heterocycles. The van der Waals surface area contributed by atoms with Crippen molar-refractivity contribution in [2.45, 2.75) is 25.0 Å². The Kier molecular flexibility index (Phi) is 5.36. The summed E-state index contributed by atoms with van der Waals surface area (Å²) in [5, 5.41) is 0. The number of anilines is 1. The van der Waals surface area contributed by atoms with Gasteiger partial charge in [0, 0.05) is 7.05 Å². The van der Waals surface area contributed by atoms with Crippen molar-refractivity contribution in [3.05, 3.63) is 70.7 Å². The van der Waals surface area contributed by atoms with Gasteiger partial charge in [0.05, 0.1) is 59.5 Å². The molecule has 4 aromatic rings. The second-order valence-electron chi connectivity index (χ2n) is 8.39. The van der Waals surface area contributed by atoms with E-state index in [0.29, 0.717) is 11.1 Å². The van der Waals surface area contributed by atoms with E-state index in [2.05, 4.69) is 9.97 Å². The van der Waals surface area contributed by atoms with Gasteiger partial charge in [0.15, 0.2) is 0 Å². The molecule has 0 aliphatic carbocycles. The molecule has 3 heterocycles. The van der Waals surface area contributed by atoms with Gasteiger partial charge < -0.3 is 15.4 Å². The summed E-state index contributed by atoms with van der Waals surface area (Å²) in [5.41, 5.74) is 4.09. The van der Waals surface area contributed by atoms with Crippen LogP contribution >= 0.6 is 0 Å². The zero-order valence-corrected chi connectivity index (χ0v) is 18.5. The number of nitrogen functional groups attached to an aromatic ring is 1. The third-order valence-electron chi connectivity index (χ3n) is 6.20. The number of benzene rings is 2. The van der Waals surface area contributed by atoms with Crippen molar-refractivity contribution in [2.75, 3.05) is 19.4 Å². The van der Waals surface area contributed by atoms with Crippen LogP contribution in [0.4, 0.5) is 32.2 Å². The number of nitrogens with zero attached hydrogens (tertiary/aromatic N) is 4. The Hall–Kier alpha value is -3.87. The lowest BCUT2D eigenvalue weighted by atomic mass is 9.94. The quantitative estimate of drug-likeness (QED) is 0.391. The number of ether oxygens (including phenoxy) is 1. The maximum atomic E-state index is 14.0. The Labute approximate surface area is 199 Å². The average Bonchev–Trinajstić information content (AvgIpc) is 3.32. The van der Waals surface area contributed by atoms with Crippen LogP contribution in [0.3, 0.4) is 0 Å². The third-order valence-corrected chi connectivity index (χ3v) is 6.20. The number of imidazole rings is 1. The molecule has 0 saturated carbocycles. The predicted molar refractivity (Wildman–Crippen MR) is 116 cm³/mol. The highest BCUT2D eigenvalue weighted by molar-refractivity contribution is 6.00. The lowest BCUT2D eigenvalue weighted by Crippen LogP contribution is -2.37. The van der Waals surface area contributed by atoms with Crippen LogP contribution in [-0.2, 0) is 23.7 Å². The number of alkyl halides is 6. The Morgan fingerprint density at radius 1 is 1.11 bits per heavy atom. The van der Waals surface area contributed by atoms with Gasteiger partial charge in [-0.1, -0.05) is 6.07 Å². The van der Waals surface area contributed by atoms with Crippen molar-refractivity contribution in [3.63, 3.8) is 0 Å². The Balaban J connectivity index is 1.61. The minimum absolute atomic E-state index is 0.0292. The number of likely N-dealkylation sites (N-methyl/N-ethyl adjacent to an activating group) is 1. The van der Waals surface area contributed by atoms with Gasteiger partial charge in [0.1, 0.15) is 11.3 Å². The van der Waals surface area contributed by atoms with Crippen LogP contribution in [0.1, 0.15) is 38.7 Å². The summed E-state index contributed by atoms with van der Waals surface area (Å²) in [6, 6.07) is 3.92. The molecule has 5 rings (SSSR count). The summed E-state index contributed by atoms with van der Waals surface area (Å²) in [6.45, 7) is -0.216. The standard InChI is InChI=1S/C23H17F6N5O2/c1-33(19-9-36-8-11-4-12(22(24,25)26)2-3-13(11)19)21(35)14-5-17-16(6-15(14)23(27,28)29)32-20(30)18-7-31-10-34(17)18/h2-7,10,19H,8-9H2,1H3,(H2,30,32). The van der Waals surface area contributed by atoms with Crippen LogP contribution in [0.5, 0.6) is 0 Å².